The van der Waals surface area contributed by atoms with Crippen molar-refractivity contribution in [2.45, 2.75) is 26.3 Å². The molecule has 2 rings (SSSR count). The summed E-state index contributed by atoms with van der Waals surface area (Å²) in [7, 11) is 2.07. The zero-order valence-electron chi connectivity index (χ0n) is 12.5. The molecule has 0 saturated heterocycles. The van der Waals surface area contributed by atoms with Crippen molar-refractivity contribution in [1.29, 1.82) is 0 Å². The van der Waals surface area contributed by atoms with Crippen LogP contribution in [0.25, 0.3) is 6.08 Å². The second kappa shape index (κ2) is 6.90. The summed E-state index contributed by atoms with van der Waals surface area (Å²) in [5.41, 5.74) is 2.63. The van der Waals surface area contributed by atoms with Gasteiger partial charge in [-0.25, -0.2) is 4.98 Å². The van der Waals surface area contributed by atoms with E-state index in [0.29, 0.717) is 6.04 Å². The van der Waals surface area contributed by atoms with E-state index in [1.54, 1.807) is 0 Å². The summed E-state index contributed by atoms with van der Waals surface area (Å²) in [6, 6.07) is 14.9. The van der Waals surface area contributed by atoms with E-state index in [-0.39, 0.29) is 0 Å². The van der Waals surface area contributed by atoms with Crippen LogP contribution in [0.15, 0.2) is 54.7 Å². The molecule has 104 valence electrons. The van der Waals surface area contributed by atoms with Gasteiger partial charge in [-0.05, 0) is 36.6 Å². The summed E-state index contributed by atoms with van der Waals surface area (Å²) >= 11 is 0. The van der Waals surface area contributed by atoms with Gasteiger partial charge in [-0.15, -0.1) is 0 Å². The summed E-state index contributed by atoms with van der Waals surface area (Å²) in [6.07, 6.45) is 7.30. The number of pyridine rings is 1. The van der Waals surface area contributed by atoms with Gasteiger partial charge in [-0.1, -0.05) is 49.4 Å². The summed E-state index contributed by atoms with van der Waals surface area (Å²) in [5, 5.41) is 0. The molecule has 0 radical (unpaired) electrons. The molecule has 0 aliphatic rings. The van der Waals surface area contributed by atoms with Crippen LogP contribution in [0.1, 0.15) is 25.0 Å². The van der Waals surface area contributed by atoms with Crippen molar-refractivity contribution in [3.63, 3.8) is 0 Å². The highest BCUT2D eigenvalue weighted by Gasteiger charge is 2.06. The van der Waals surface area contributed by atoms with Crippen molar-refractivity contribution >= 4 is 11.9 Å². The first kappa shape index (κ1) is 14.3. The van der Waals surface area contributed by atoms with E-state index in [0.717, 1.165) is 12.2 Å². The number of anilines is 1. The summed E-state index contributed by atoms with van der Waals surface area (Å²) in [6.45, 7) is 4.36. The lowest BCUT2D eigenvalue weighted by atomic mass is 10.1. The van der Waals surface area contributed by atoms with E-state index in [9.17, 15) is 0 Å². The quantitative estimate of drug-likeness (QED) is 0.807. The molecule has 2 aromatic rings. The van der Waals surface area contributed by atoms with Crippen LogP contribution in [0.5, 0.6) is 0 Å². The Bertz CT molecular complexity index is 561. The second-order valence-electron chi connectivity index (χ2n) is 5.00. The van der Waals surface area contributed by atoms with Gasteiger partial charge in [0.2, 0.25) is 0 Å². The Labute approximate surface area is 121 Å². The van der Waals surface area contributed by atoms with E-state index in [2.05, 4.69) is 67.2 Å². The third kappa shape index (κ3) is 3.70. The fraction of sp³-hybridized carbons (Fsp3) is 0.278. The fourth-order valence-corrected chi connectivity index (χ4v) is 2.07. The van der Waals surface area contributed by atoms with Crippen LogP contribution >= 0.6 is 0 Å². The van der Waals surface area contributed by atoms with Gasteiger partial charge in [0.15, 0.2) is 0 Å². The number of hydrogen-bond acceptors (Lipinski definition) is 2. The Morgan fingerprint density at radius 3 is 2.75 bits per heavy atom. The predicted octanol–water partition coefficient (Wildman–Crippen LogP) is 4.18. The lowest BCUT2D eigenvalue weighted by Crippen LogP contribution is -2.27. The minimum absolute atomic E-state index is 0.301. The van der Waals surface area contributed by atoms with Crippen molar-refractivity contribution in [2.24, 2.45) is 0 Å². The Kier molecular flexibility index (Phi) is 4.94. The molecule has 2 heteroatoms. The zero-order valence-corrected chi connectivity index (χ0v) is 12.5. The van der Waals surface area contributed by atoms with Gasteiger partial charge in [-0.2, -0.15) is 0 Å². The number of nitrogens with zero attached hydrogens (tertiary/aromatic N) is 2. The molecule has 2 nitrogen and oxygen atoms in total. The molecule has 0 N–H and O–H groups in total. The van der Waals surface area contributed by atoms with Crippen molar-refractivity contribution in [3.8, 4) is 0 Å². The number of likely N-dealkylation sites (N-methyl/N-ethyl adjacent to an activating group) is 1. The standard InChI is InChI=1S/C18H22N2/c1-4-16-8-7-9-17(14-16)12-11-15(2)20(3)18-10-5-6-13-19-18/h5-15H,4H2,1-3H3/b12-11+. The first-order valence-corrected chi connectivity index (χ1v) is 7.11. The number of rotatable bonds is 5. The van der Waals surface area contributed by atoms with Gasteiger partial charge < -0.3 is 4.90 Å². The number of aromatic nitrogens is 1. The molecule has 0 aliphatic heterocycles. The normalized spacial score (nSPS) is 12.6. The number of benzene rings is 1. The van der Waals surface area contributed by atoms with Gasteiger partial charge in [0.25, 0.3) is 0 Å². The Balaban J connectivity index is 2.06. The molecular formula is C18H22N2. The van der Waals surface area contributed by atoms with Crippen LogP contribution in [-0.4, -0.2) is 18.1 Å². The average Bonchev–Trinajstić information content (AvgIpc) is 2.53. The van der Waals surface area contributed by atoms with Crippen LogP contribution in [-0.2, 0) is 6.42 Å². The SMILES string of the molecule is CCc1cccc(/C=C/C(C)N(C)c2ccccn2)c1. The Morgan fingerprint density at radius 1 is 1.20 bits per heavy atom. The van der Waals surface area contributed by atoms with Gasteiger partial charge in [0, 0.05) is 19.3 Å². The lowest BCUT2D eigenvalue weighted by Gasteiger charge is -2.23. The zero-order chi connectivity index (χ0) is 14.4. The molecule has 0 bridgehead atoms. The van der Waals surface area contributed by atoms with Crippen LogP contribution in [0.2, 0.25) is 0 Å². The van der Waals surface area contributed by atoms with Crippen LogP contribution in [0.4, 0.5) is 5.82 Å². The second-order valence-corrected chi connectivity index (χ2v) is 5.00. The minimum atomic E-state index is 0.301. The highest BCUT2D eigenvalue weighted by molar-refractivity contribution is 5.52. The maximum absolute atomic E-state index is 4.37. The van der Waals surface area contributed by atoms with Crippen molar-refractivity contribution in [2.75, 3.05) is 11.9 Å². The smallest absolute Gasteiger partial charge is 0.128 e. The first-order chi connectivity index (χ1) is 9.70. The van der Waals surface area contributed by atoms with Crippen LogP contribution in [0.3, 0.4) is 0 Å². The monoisotopic (exact) mass is 266 g/mol. The minimum Gasteiger partial charge on any atom is -0.354 e. The maximum Gasteiger partial charge on any atom is 0.128 e. The Hall–Kier alpha value is -2.09. The summed E-state index contributed by atoms with van der Waals surface area (Å²) < 4.78 is 0. The predicted molar refractivity (Wildman–Crippen MR) is 87.0 cm³/mol. The highest BCUT2D eigenvalue weighted by atomic mass is 15.2. The molecular weight excluding hydrogens is 244 g/mol. The van der Waals surface area contributed by atoms with Gasteiger partial charge in [0.05, 0.1) is 0 Å². The molecule has 0 spiro atoms. The average molecular weight is 266 g/mol. The molecule has 0 saturated carbocycles. The fourth-order valence-electron chi connectivity index (χ4n) is 2.07. The molecule has 1 aromatic carbocycles. The van der Waals surface area contributed by atoms with Gasteiger partial charge >= 0.3 is 0 Å². The van der Waals surface area contributed by atoms with E-state index in [1.165, 1.54) is 11.1 Å². The summed E-state index contributed by atoms with van der Waals surface area (Å²) in [5.74, 6) is 0.993. The van der Waals surface area contributed by atoms with E-state index in [1.807, 2.05) is 24.4 Å². The van der Waals surface area contributed by atoms with Gasteiger partial charge in [0.1, 0.15) is 5.82 Å². The lowest BCUT2D eigenvalue weighted by molar-refractivity contribution is 0.810. The van der Waals surface area contributed by atoms with E-state index >= 15 is 0 Å². The Morgan fingerprint density at radius 2 is 2.05 bits per heavy atom. The topological polar surface area (TPSA) is 16.1 Å². The van der Waals surface area contributed by atoms with Crippen LogP contribution in [0, 0.1) is 0 Å². The number of hydrogen-bond donors (Lipinski definition) is 0. The molecule has 1 heterocycles. The third-order valence-corrected chi connectivity index (χ3v) is 3.55. The van der Waals surface area contributed by atoms with Crippen molar-refractivity contribution < 1.29 is 0 Å². The molecule has 0 amide bonds. The molecule has 20 heavy (non-hydrogen) atoms. The van der Waals surface area contributed by atoms with Crippen molar-refractivity contribution in [3.05, 3.63) is 65.9 Å². The van der Waals surface area contributed by atoms with E-state index < -0.39 is 0 Å². The first-order valence-electron chi connectivity index (χ1n) is 7.11. The molecule has 1 unspecified atom stereocenters. The third-order valence-electron chi connectivity index (χ3n) is 3.55. The molecule has 0 fully saturated rings. The van der Waals surface area contributed by atoms with Crippen LogP contribution < -0.4 is 4.90 Å². The van der Waals surface area contributed by atoms with E-state index in [4.69, 9.17) is 0 Å². The highest BCUT2D eigenvalue weighted by Crippen LogP contribution is 2.13. The maximum atomic E-state index is 4.37. The van der Waals surface area contributed by atoms with Gasteiger partial charge in [-0.3, -0.25) is 0 Å². The molecule has 1 atom stereocenters. The molecule has 0 aliphatic carbocycles. The van der Waals surface area contributed by atoms with Crippen molar-refractivity contribution in [1.82, 2.24) is 4.98 Å². The summed E-state index contributed by atoms with van der Waals surface area (Å²) in [4.78, 5) is 6.54. The number of aryl methyl sites for hydroxylation is 1. The largest absolute Gasteiger partial charge is 0.354 e. The molecule has 1 aromatic heterocycles.